The highest BCUT2D eigenvalue weighted by Crippen LogP contribution is 2.34. The number of hydrogen-bond acceptors (Lipinski definition) is 2. The van der Waals surface area contributed by atoms with Gasteiger partial charge in [-0.15, -0.1) is 0 Å². The van der Waals surface area contributed by atoms with Gasteiger partial charge in [0.05, 0.1) is 12.1 Å². The summed E-state index contributed by atoms with van der Waals surface area (Å²) in [4.78, 5) is 10.9. The maximum absolute atomic E-state index is 10.9. The number of halogens is 3. The molecule has 0 saturated heterocycles. The fraction of sp³-hybridized carbons (Fsp3) is 0.133. The number of carboxylic acid groups (broad SMARTS) is 1. The number of benzene rings is 2. The van der Waals surface area contributed by atoms with Gasteiger partial charge in [0, 0.05) is 20.0 Å². The summed E-state index contributed by atoms with van der Waals surface area (Å²) in [6, 6.07) is 11.5. The zero-order valence-corrected chi connectivity index (χ0v) is 15.6. The van der Waals surface area contributed by atoms with E-state index in [9.17, 15) is 4.79 Å². The van der Waals surface area contributed by atoms with Crippen molar-refractivity contribution in [2.45, 2.75) is 13.0 Å². The molecule has 0 aliphatic carbocycles. The Morgan fingerprint density at radius 2 is 1.62 bits per heavy atom. The van der Waals surface area contributed by atoms with Crippen LogP contribution in [0.5, 0.6) is 0 Å². The van der Waals surface area contributed by atoms with E-state index >= 15 is 0 Å². The number of anilines is 1. The lowest BCUT2D eigenvalue weighted by Crippen LogP contribution is -2.07. The molecule has 0 fully saturated rings. The number of aliphatic carboxylic acids is 1. The summed E-state index contributed by atoms with van der Waals surface area (Å²) in [5.41, 5.74) is 2.73. The Kier molecular flexibility index (Phi) is 5.84. The van der Waals surface area contributed by atoms with Crippen LogP contribution in [0.2, 0.25) is 0 Å². The first kappa shape index (κ1) is 16.5. The minimum absolute atomic E-state index is 0.0283. The molecule has 21 heavy (non-hydrogen) atoms. The molecule has 0 saturated carbocycles. The Labute approximate surface area is 148 Å². The van der Waals surface area contributed by atoms with Crippen molar-refractivity contribution < 1.29 is 9.90 Å². The Bertz CT molecular complexity index is 651. The monoisotopic (exact) mass is 475 g/mol. The van der Waals surface area contributed by atoms with Gasteiger partial charge >= 0.3 is 5.97 Å². The molecule has 6 heteroatoms. The number of rotatable bonds is 5. The lowest BCUT2D eigenvalue weighted by atomic mass is 10.0. The molecule has 0 heterocycles. The van der Waals surface area contributed by atoms with Crippen LogP contribution in [0.1, 0.15) is 11.1 Å². The molecule has 0 radical (unpaired) electrons. The number of hydrogen-bond donors (Lipinski definition) is 2. The van der Waals surface area contributed by atoms with E-state index in [1.54, 1.807) is 0 Å². The Balaban J connectivity index is 2.19. The van der Waals surface area contributed by atoms with E-state index in [0.717, 1.165) is 30.2 Å². The first-order valence-corrected chi connectivity index (χ1v) is 8.52. The number of nitrogens with one attached hydrogen (secondary N) is 1. The van der Waals surface area contributed by atoms with Crippen LogP contribution < -0.4 is 5.32 Å². The topological polar surface area (TPSA) is 49.3 Å². The molecule has 0 atom stereocenters. The second-order valence-corrected chi connectivity index (χ2v) is 7.06. The van der Waals surface area contributed by atoms with Crippen LogP contribution >= 0.6 is 47.8 Å². The van der Waals surface area contributed by atoms with Crippen molar-refractivity contribution in [2.24, 2.45) is 0 Å². The van der Waals surface area contributed by atoms with Gasteiger partial charge in [-0.2, -0.15) is 0 Å². The largest absolute Gasteiger partial charge is 0.481 e. The maximum atomic E-state index is 10.9. The zero-order valence-electron chi connectivity index (χ0n) is 10.9. The molecule has 3 nitrogen and oxygen atoms in total. The van der Waals surface area contributed by atoms with Crippen molar-refractivity contribution in [1.29, 1.82) is 0 Å². The number of carbonyl (C=O) groups is 1. The van der Waals surface area contributed by atoms with Crippen LogP contribution in [0, 0.1) is 0 Å². The average Bonchev–Trinajstić information content (AvgIpc) is 2.38. The molecule has 0 spiro atoms. The molecule has 0 aromatic heterocycles. The summed E-state index contributed by atoms with van der Waals surface area (Å²) in [5.74, 6) is -0.826. The van der Waals surface area contributed by atoms with E-state index in [-0.39, 0.29) is 6.42 Å². The summed E-state index contributed by atoms with van der Waals surface area (Å²) in [5, 5.41) is 12.3. The predicted molar refractivity (Wildman–Crippen MR) is 94.7 cm³/mol. The standard InChI is InChI=1S/C15H12Br3NO2/c16-11-6-12(17)15(13(18)7-11)19-8-10-4-2-1-3-9(10)5-14(20)21/h1-4,6-7,19H,5,8H2,(H,20,21). The van der Waals surface area contributed by atoms with E-state index < -0.39 is 5.97 Å². The highest BCUT2D eigenvalue weighted by molar-refractivity contribution is 9.11. The molecule has 0 bridgehead atoms. The Morgan fingerprint density at radius 3 is 2.19 bits per heavy atom. The normalized spacial score (nSPS) is 10.4. The fourth-order valence-electron chi connectivity index (χ4n) is 1.96. The molecule has 0 amide bonds. The van der Waals surface area contributed by atoms with Gasteiger partial charge in [-0.05, 0) is 55.1 Å². The minimum Gasteiger partial charge on any atom is -0.481 e. The molecule has 0 aliphatic rings. The lowest BCUT2D eigenvalue weighted by Gasteiger charge is -2.13. The first-order valence-electron chi connectivity index (χ1n) is 6.14. The van der Waals surface area contributed by atoms with Gasteiger partial charge in [0.2, 0.25) is 0 Å². The third kappa shape index (κ3) is 4.56. The van der Waals surface area contributed by atoms with Crippen molar-refractivity contribution in [3.8, 4) is 0 Å². The van der Waals surface area contributed by atoms with E-state index in [0.29, 0.717) is 6.54 Å². The molecular weight excluding hydrogens is 466 g/mol. The van der Waals surface area contributed by atoms with Gasteiger partial charge in [-0.1, -0.05) is 40.2 Å². The SMILES string of the molecule is O=C(O)Cc1ccccc1CNc1c(Br)cc(Br)cc1Br. The van der Waals surface area contributed by atoms with Gasteiger partial charge in [0.1, 0.15) is 0 Å². The zero-order chi connectivity index (χ0) is 15.4. The number of carboxylic acids is 1. The second kappa shape index (κ2) is 7.42. The van der Waals surface area contributed by atoms with E-state index in [1.807, 2.05) is 36.4 Å². The molecular formula is C15H12Br3NO2. The summed E-state index contributed by atoms with van der Waals surface area (Å²) in [6.45, 7) is 0.558. The van der Waals surface area contributed by atoms with Gasteiger partial charge in [-0.3, -0.25) is 4.79 Å². The van der Waals surface area contributed by atoms with Crippen molar-refractivity contribution >= 4 is 59.4 Å². The van der Waals surface area contributed by atoms with Crippen LogP contribution in [-0.4, -0.2) is 11.1 Å². The van der Waals surface area contributed by atoms with Crippen molar-refractivity contribution in [2.75, 3.05) is 5.32 Å². The maximum Gasteiger partial charge on any atom is 0.307 e. The van der Waals surface area contributed by atoms with Crippen molar-refractivity contribution in [3.63, 3.8) is 0 Å². The van der Waals surface area contributed by atoms with E-state index in [4.69, 9.17) is 5.11 Å². The fourth-order valence-corrected chi connectivity index (χ4v) is 4.50. The van der Waals surface area contributed by atoms with E-state index in [1.165, 1.54) is 0 Å². The minimum atomic E-state index is -0.826. The van der Waals surface area contributed by atoms with Gasteiger partial charge in [-0.25, -0.2) is 0 Å². The predicted octanol–water partition coefficient (Wildman–Crippen LogP) is 5.21. The third-order valence-corrected chi connectivity index (χ3v) is 4.63. The van der Waals surface area contributed by atoms with Gasteiger partial charge < -0.3 is 10.4 Å². The molecule has 0 aliphatic heterocycles. The lowest BCUT2D eigenvalue weighted by molar-refractivity contribution is -0.136. The molecule has 110 valence electrons. The van der Waals surface area contributed by atoms with Crippen LogP contribution in [0.25, 0.3) is 0 Å². The summed E-state index contributed by atoms with van der Waals surface area (Å²) in [6.07, 6.45) is 0.0283. The smallest absolute Gasteiger partial charge is 0.307 e. The van der Waals surface area contributed by atoms with Crippen molar-refractivity contribution in [1.82, 2.24) is 0 Å². The summed E-state index contributed by atoms with van der Waals surface area (Å²) in [7, 11) is 0. The average molecular weight is 478 g/mol. The summed E-state index contributed by atoms with van der Waals surface area (Å²) >= 11 is 10.5. The quantitative estimate of drug-likeness (QED) is 0.621. The molecule has 2 N–H and O–H groups in total. The molecule has 0 unspecified atom stereocenters. The van der Waals surface area contributed by atoms with Crippen LogP contribution in [0.15, 0.2) is 49.8 Å². The van der Waals surface area contributed by atoms with Crippen LogP contribution in [-0.2, 0) is 17.8 Å². The van der Waals surface area contributed by atoms with Crippen molar-refractivity contribution in [3.05, 3.63) is 60.9 Å². The van der Waals surface area contributed by atoms with E-state index in [2.05, 4.69) is 53.1 Å². The first-order chi connectivity index (χ1) is 9.97. The highest BCUT2D eigenvalue weighted by atomic mass is 79.9. The summed E-state index contributed by atoms with van der Waals surface area (Å²) < 4.78 is 2.83. The molecule has 2 rings (SSSR count). The van der Waals surface area contributed by atoms with Crippen LogP contribution in [0.4, 0.5) is 5.69 Å². The van der Waals surface area contributed by atoms with Crippen LogP contribution in [0.3, 0.4) is 0 Å². The molecule has 2 aromatic rings. The van der Waals surface area contributed by atoms with Gasteiger partial charge in [0.25, 0.3) is 0 Å². The molecule has 2 aromatic carbocycles. The Hall–Kier alpha value is -0.850. The van der Waals surface area contributed by atoms with Gasteiger partial charge in [0.15, 0.2) is 0 Å². The highest BCUT2D eigenvalue weighted by Gasteiger charge is 2.09. The second-order valence-electron chi connectivity index (χ2n) is 4.44. The Morgan fingerprint density at radius 1 is 1.05 bits per heavy atom. The third-order valence-electron chi connectivity index (χ3n) is 2.92.